The van der Waals surface area contributed by atoms with Gasteiger partial charge in [-0.1, -0.05) is 30.3 Å². The Labute approximate surface area is 189 Å². The maximum atomic E-state index is 12.6. The number of nitrogens with one attached hydrogen (secondary N) is 2. The second-order valence-electron chi connectivity index (χ2n) is 6.94. The first-order valence-electron chi connectivity index (χ1n) is 10.1. The number of ether oxygens (including phenoxy) is 2. The van der Waals surface area contributed by atoms with E-state index in [9.17, 15) is 22.0 Å². The SMILES string of the molecule is O=C(CCCCCNS(=O)(=O)c1ccc2c(c1)OCCO2)Nc1ccccc1SC(F)F. The van der Waals surface area contributed by atoms with Gasteiger partial charge in [-0.2, -0.15) is 8.78 Å². The van der Waals surface area contributed by atoms with Gasteiger partial charge in [-0.25, -0.2) is 13.1 Å². The summed E-state index contributed by atoms with van der Waals surface area (Å²) in [6.07, 6.45) is 1.93. The lowest BCUT2D eigenvalue weighted by atomic mass is 10.2. The molecule has 0 spiro atoms. The maximum Gasteiger partial charge on any atom is 0.288 e. The van der Waals surface area contributed by atoms with Crippen molar-refractivity contribution in [3.05, 3.63) is 42.5 Å². The summed E-state index contributed by atoms with van der Waals surface area (Å²) in [4.78, 5) is 12.5. The molecule has 0 unspecified atom stereocenters. The number of carbonyl (C=O) groups excluding carboxylic acids is 1. The van der Waals surface area contributed by atoms with E-state index in [4.69, 9.17) is 9.47 Å². The maximum absolute atomic E-state index is 12.6. The van der Waals surface area contributed by atoms with Crippen molar-refractivity contribution < 1.29 is 31.5 Å². The largest absolute Gasteiger partial charge is 0.486 e. The molecule has 11 heteroatoms. The lowest BCUT2D eigenvalue weighted by molar-refractivity contribution is -0.116. The van der Waals surface area contributed by atoms with Crippen molar-refractivity contribution in [2.75, 3.05) is 25.1 Å². The third kappa shape index (κ3) is 7.07. The third-order valence-corrected chi connectivity index (χ3v) is 6.82. The molecule has 7 nitrogen and oxygen atoms in total. The summed E-state index contributed by atoms with van der Waals surface area (Å²) >= 11 is 0.382. The monoisotopic (exact) mass is 486 g/mol. The van der Waals surface area contributed by atoms with Crippen molar-refractivity contribution in [2.45, 2.75) is 41.2 Å². The van der Waals surface area contributed by atoms with E-state index in [-0.39, 0.29) is 23.8 Å². The molecule has 0 saturated heterocycles. The number of hydrogen-bond acceptors (Lipinski definition) is 6. The number of alkyl halides is 2. The van der Waals surface area contributed by atoms with Gasteiger partial charge >= 0.3 is 0 Å². The number of rotatable bonds is 11. The van der Waals surface area contributed by atoms with Crippen LogP contribution in [0.2, 0.25) is 0 Å². The Hall–Kier alpha value is -2.37. The van der Waals surface area contributed by atoms with Crippen molar-refractivity contribution in [3.8, 4) is 11.5 Å². The zero-order valence-corrected chi connectivity index (χ0v) is 18.8. The molecule has 0 saturated carbocycles. The van der Waals surface area contributed by atoms with Crippen molar-refractivity contribution in [3.63, 3.8) is 0 Å². The number of anilines is 1. The highest BCUT2D eigenvalue weighted by Gasteiger charge is 2.19. The second kappa shape index (κ2) is 11.5. The Morgan fingerprint density at radius 3 is 2.56 bits per heavy atom. The minimum atomic E-state index is -3.68. The zero-order valence-electron chi connectivity index (χ0n) is 17.2. The van der Waals surface area contributed by atoms with Gasteiger partial charge in [-0.05, 0) is 37.1 Å². The van der Waals surface area contributed by atoms with Gasteiger partial charge in [0.2, 0.25) is 15.9 Å². The third-order valence-electron chi connectivity index (χ3n) is 4.57. The predicted molar refractivity (Wildman–Crippen MR) is 118 cm³/mol. The minimum absolute atomic E-state index is 0.0986. The van der Waals surface area contributed by atoms with E-state index in [2.05, 4.69) is 10.0 Å². The molecule has 0 aromatic heterocycles. The summed E-state index contributed by atoms with van der Waals surface area (Å²) in [5.41, 5.74) is 0.356. The van der Waals surface area contributed by atoms with Gasteiger partial charge in [-0.15, -0.1) is 0 Å². The quantitative estimate of drug-likeness (QED) is 0.364. The standard InChI is InChI=1S/C21H24F2N2O5S2/c22-21(23)31-19-7-4-3-6-16(19)25-20(26)8-2-1-5-11-24-32(27,28)15-9-10-17-18(14-15)30-13-12-29-17/h3-4,6-7,9-10,14,21,24H,1-2,5,8,11-13H2,(H,25,26). The number of thioether (sulfide) groups is 1. The van der Waals surface area contributed by atoms with Crippen molar-refractivity contribution >= 4 is 33.4 Å². The minimum Gasteiger partial charge on any atom is -0.486 e. The van der Waals surface area contributed by atoms with Crippen LogP contribution < -0.4 is 19.5 Å². The lowest BCUT2D eigenvalue weighted by Crippen LogP contribution is -2.25. The first kappa shape index (κ1) is 24.3. The molecule has 0 fully saturated rings. The Bertz CT molecular complexity index is 1030. The molecule has 0 aliphatic carbocycles. The fourth-order valence-corrected chi connectivity index (χ4v) is 4.73. The lowest BCUT2D eigenvalue weighted by Gasteiger charge is -2.18. The summed E-state index contributed by atoms with van der Waals surface area (Å²) in [6.45, 7) is 1.02. The molecule has 2 aromatic carbocycles. The van der Waals surface area contributed by atoms with Gasteiger partial charge in [0.1, 0.15) is 13.2 Å². The second-order valence-corrected chi connectivity index (χ2v) is 9.74. The molecule has 1 aliphatic rings. The van der Waals surface area contributed by atoms with Crippen LogP contribution in [0.1, 0.15) is 25.7 Å². The Balaban J connectivity index is 1.38. The molecule has 3 rings (SSSR count). The summed E-state index contributed by atoms with van der Waals surface area (Å²) in [5, 5.41) is 2.65. The predicted octanol–water partition coefficient (Wildman–Crippen LogP) is 4.25. The smallest absolute Gasteiger partial charge is 0.288 e. The number of sulfonamides is 1. The number of para-hydroxylation sites is 1. The topological polar surface area (TPSA) is 93.7 Å². The number of halogens is 2. The van der Waals surface area contributed by atoms with Crippen LogP contribution in [0.4, 0.5) is 14.5 Å². The van der Waals surface area contributed by atoms with E-state index in [0.717, 1.165) is 0 Å². The molecule has 1 heterocycles. The van der Waals surface area contributed by atoms with E-state index in [0.29, 0.717) is 66.3 Å². The molecule has 1 amide bonds. The zero-order chi connectivity index (χ0) is 23.0. The van der Waals surface area contributed by atoms with Gasteiger partial charge in [-0.3, -0.25) is 4.79 Å². The van der Waals surface area contributed by atoms with Crippen molar-refractivity contribution in [2.24, 2.45) is 0 Å². The fraction of sp³-hybridized carbons (Fsp3) is 0.381. The number of fused-ring (bicyclic) bond motifs is 1. The fourth-order valence-electron chi connectivity index (χ4n) is 3.05. The van der Waals surface area contributed by atoms with Crippen LogP contribution in [0, 0.1) is 0 Å². The van der Waals surface area contributed by atoms with Crippen LogP contribution in [-0.4, -0.2) is 39.8 Å². The molecular formula is C21H24F2N2O5S2. The number of benzene rings is 2. The van der Waals surface area contributed by atoms with Gasteiger partial charge in [0, 0.05) is 23.9 Å². The molecule has 0 radical (unpaired) electrons. The highest BCUT2D eigenvalue weighted by molar-refractivity contribution is 7.99. The van der Waals surface area contributed by atoms with Gasteiger partial charge in [0.15, 0.2) is 11.5 Å². The van der Waals surface area contributed by atoms with Crippen LogP contribution in [-0.2, 0) is 14.8 Å². The summed E-state index contributed by atoms with van der Waals surface area (Å²) < 4.78 is 63.5. The number of amides is 1. The van der Waals surface area contributed by atoms with E-state index >= 15 is 0 Å². The number of carbonyl (C=O) groups is 1. The Kier molecular flexibility index (Phi) is 8.71. The van der Waals surface area contributed by atoms with Crippen LogP contribution in [0.3, 0.4) is 0 Å². The van der Waals surface area contributed by atoms with E-state index in [1.807, 2.05) is 0 Å². The van der Waals surface area contributed by atoms with Crippen molar-refractivity contribution in [1.29, 1.82) is 0 Å². The van der Waals surface area contributed by atoms with E-state index in [1.54, 1.807) is 24.3 Å². The molecule has 2 aromatic rings. The van der Waals surface area contributed by atoms with Crippen LogP contribution in [0.5, 0.6) is 11.5 Å². The average molecular weight is 487 g/mol. The van der Waals surface area contributed by atoms with Crippen LogP contribution in [0.25, 0.3) is 0 Å². The molecule has 0 atom stereocenters. The van der Waals surface area contributed by atoms with Crippen molar-refractivity contribution in [1.82, 2.24) is 4.72 Å². The summed E-state index contributed by atoms with van der Waals surface area (Å²) in [6, 6.07) is 10.9. The number of hydrogen-bond donors (Lipinski definition) is 2. The van der Waals surface area contributed by atoms with Gasteiger partial charge in [0.05, 0.1) is 10.6 Å². The summed E-state index contributed by atoms with van der Waals surface area (Å²) in [5.74, 6) is -1.93. The number of unbranched alkanes of at least 4 members (excludes halogenated alkanes) is 2. The molecule has 0 bridgehead atoms. The Morgan fingerprint density at radius 1 is 1.03 bits per heavy atom. The molecule has 32 heavy (non-hydrogen) atoms. The highest BCUT2D eigenvalue weighted by Crippen LogP contribution is 2.33. The molecule has 1 aliphatic heterocycles. The average Bonchev–Trinajstić information content (AvgIpc) is 2.77. The van der Waals surface area contributed by atoms with Crippen LogP contribution in [0.15, 0.2) is 52.3 Å². The first-order chi connectivity index (χ1) is 15.3. The Morgan fingerprint density at radius 2 is 1.78 bits per heavy atom. The molecule has 2 N–H and O–H groups in total. The van der Waals surface area contributed by atoms with Gasteiger partial charge in [0.25, 0.3) is 5.76 Å². The highest BCUT2D eigenvalue weighted by atomic mass is 32.2. The van der Waals surface area contributed by atoms with Crippen LogP contribution >= 0.6 is 11.8 Å². The molecular weight excluding hydrogens is 462 g/mol. The normalized spacial score (nSPS) is 13.2. The van der Waals surface area contributed by atoms with E-state index in [1.165, 1.54) is 18.2 Å². The van der Waals surface area contributed by atoms with Gasteiger partial charge < -0.3 is 14.8 Å². The van der Waals surface area contributed by atoms with E-state index < -0.39 is 15.8 Å². The molecule has 174 valence electrons. The first-order valence-corrected chi connectivity index (χ1v) is 12.4. The summed E-state index contributed by atoms with van der Waals surface area (Å²) in [7, 11) is -3.68.